The summed E-state index contributed by atoms with van der Waals surface area (Å²) in [6.07, 6.45) is 1.52. The van der Waals surface area contributed by atoms with Gasteiger partial charge in [0.25, 0.3) is 0 Å². The first-order valence-corrected chi connectivity index (χ1v) is 11.9. The van der Waals surface area contributed by atoms with E-state index in [0.717, 1.165) is 0 Å². The standard InChI is InChI=1S/C29H28O9/c1-6-35-19-11-12-20-22(16-19)37-23(26(20)30)13-17-9-8-10-21(36-7-2)27(17)38-29(31)18-14-24(32-3)28(34-5)25(15-18)33-4/h8-16H,6-7H2,1-5H3/b23-13-. The first-order chi connectivity index (χ1) is 18.4. The van der Waals surface area contributed by atoms with Gasteiger partial charge in [0.1, 0.15) is 11.5 Å². The van der Waals surface area contributed by atoms with E-state index in [-0.39, 0.29) is 22.9 Å². The largest absolute Gasteiger partial charge is 0.494 e. The Morgan fingerprint density at radius 2 is 1.55 bits per heavy atom. The molecule has 4 rings (SSSR count). The Labute approximate surface area is 220 Å². The Balaban J connectivity index is 1.71. The number of hydrogen-bond donors (Lipinski definition) is 0. The summed E-state index contributed by atoms with van der Waals surface area (Å²) >= 11 is 0. The molecule has 0 amide bonds. The predicted octanol–water partition coefficient (Wildman–Crippen LogP) is 5.35. The van der Waals surface area contributed by atoms with Gasteiger partial charge in [-0.25, -0.2) is 4.79 Å². The van der Waals surface area contributed by atoms with Gasteiger partial charge in [0.15, 0.2) is 28.8 Å². The Morgan fingerprint density at radius 1 is 0.842 bits per heavy atom. The summed E-state index contributed by atoms with van der Waals surface area (Å²) in [6.45, 7) is 4.50. The lowest BCUT2D eigenvalue weighted by Gasteiger charge is -2.16. The molecule has 1 heterocycles. The van der Waals surface area contributed by atoms with E-state index in [1.165, 1.54) is 39.5 Å². The van der Waals surface area contributed by atoms with Gasteiger partial charge in [0.05, 0.1) is 45.7 Å². The lowest BCUT2D eigenvalue weighted by Crippen LogP contribution is -2.12. The summed E-state index contributed by atoms with van der Waals surface area (Å²) in [5.41, 5.74) is 0.989. The molecule has 3 aromatic rings. The van der Waals surface area contributed by atoms with Crippen molar-refractivity contribution in [1.82, 2.24) is 0 Å². The molecule has 9 nitrogen and oxygen atoms in total. The van der Waals surface area contributed by atoms with Crippen LogP contribution in [-0.4, -0.2) is 46.3 Å². The van der Waals surface area contributed by atoms with Crippen molar-refractivity contribution in [3.05, 3.63) is 71.0 Å². The van der Waals surface area contributed by atoms with E-state index in [2.05, 4.69) is 0 Å². The van der Waals surface area contributed by atoms with Crippen LogP contribution in [0.4, 0.5) is 0 Å². The summed E-state index contributed by atoms with van der Waals surface area (Å²) in [5.74, 6) is 1.46. The highest BCUT2D eigenvalue weighted by atomic mass is 16.6. The maximum absolute atomic E-state index is 13.3. The maximum atomic E-state index is 13.3. The number of Topliss-reactive ketones (excluding diaryl/α,β-unsaturated/α-hetero) is 1. The van der Waals surface area contributed by atoms with Gasteiger partial charge in [-0.1, -0.05) is 12.1 Å². The van der Waals surface area contributed by atoms with Gasteiger partial charge in [-0.15, -0.1) is 0 Å². The molecule has 1 aliphatic rings. The minimum Gasteiger partial charge on any atom is -0.494 e. The van der Waals surface area contributed by atoms with Crippen molar-refractivity contribution in [3.63, 3.8) is 0 Å². The number of hydrogen-bond acceptors (Lipinski definition) is 9. The molecule has 0 unspecified atom stereocenters. The van der Waals surface area contributed by atoms with Crippen molar-refractivity contribution in [2.75, 3.05) is 34.5 Å². The first kappa shape index (κ1) is 26.4. The van der Waals surface area contributed by atoms with Crippen LogP contribution in [0.1, 0.15) is 40.1 Å². The third-order valence-electron chi connectivity index (χ3n) is 5.64. The fourth-order valence-corrected chi connectivity index (χ4v) is 3.94. The molecule has 0 bridgehead atoms. The van der Waals surface area contributed by atoms with Crippen molar-refractivity contribution in [1.29, 1.82) is 0 Å². The molecule has 38 heavy (non-hydrogen) atoms. The summed E-state index contributed by atoms with van der Waals surface area (Å²) < 4.78 is 38.9. The van der Waals surface area contributed by atoms with Crippen LogP contribution >= 0.6 is 0 Å². The molecular weight excluding hydrogens is 492 g/mol. The molecule has 0 fully saturated rings. The Kier molecular flexibility index (Phi) is 8.06. The van der Waals surface area contributed by atoms with E-state index in [4.69, 9.17) is 33.2 Å². The van der Waals surface area contributed by atoms with Crippen molar-refractivity contribution in [3.8, 4) is 40.2 Å². The summed E-state index contributed by atoms with van der Waals surface area (Å²) in [6, 6.07) is 13.1. The molecule has 0 atom stereocenters. The SMILES string of the molecule is CCOc1ccc2c(c1)O/C(=C\c1cccc(OCC)c1OC(=O)c1cc(OC)c(OC)c(OC)c1)C2=O. The average molecular weight is 521 g/mol. The Hall–Kier alpha value is -4.66. The normalized spacial score (nSPS) is 13.0. The smallest absolute Gasteiger partial charge is 0.343 e. The lowest BCUT2D eigenvalue weighted by atomic mass is 10.1. The van der Waals surface area contributed by atoms with Crippen molar-refractivity contribution >= 4 is 17.8 Å². The van der Waals surface area contributed by atoms with Crippen molar-refractivity contribution in [2.45, 2.75) is 13.8 Å². The van der Waals surface area contributed by atoms with Crippen LogP contribution in [0.25, 0.3) is 6.08 Å². The number of ketones is 1. The van der Waals surface area contributed by atoms with Crippen LogP contribution in [0.5, 0.6) is 40.2 Å². The van der Waals surface area contributed by atoms with Crippen molar-refractivity contribution < 1.29 is 42.7 Å². The molecule has 0 aliphatic carbocycles. The van der Waals surface area contributed by atoms with E-state index in [1.807, 2.05) is 13.8 Å². The molecule has 0 radical (unpaired) electrons. The van der Waals surface area contributed by atoms with E-state index < -0.39 is 5.97 Å². The highest BCUT2D eigenvalue weighted by molar-refractivity contribution is 6.14. The second-order valence-electron chi connectivity index (χ2n) is 7.94. The molecular formula is C29H28O9. The first-order valence-electron chi connectivity index (χ1n) is 11.9. The van der Waals surface area contributed by atoms with E-state index >= 15 is 0 Å². The van der Waals surface area contributed by atoms with Gasteiger partial charge in [0, 0.05) is 11.6 Å². The molecule has 0 N–H and O–H groups in total. The quantitative estimate of drug-likeness (QED) is 0.199. The maximum Gasteiger partial charge on any atom is 0.343 e. The molecule has 0 saturated carbocycles. The average Bonchev–Trinajstić information content (AvgIpc) is 3.23. The highest BCUT2D eigenvalue weighted by Crippen LogP contribution is 2.40. The highest BCUT2D eigenvalue weighted by Gasteiger charge is 2.29. The Bertz CT molecular complexity index is 1370. The number of ether oxygens (including phenoxy) is 7. The van der Waals surface area contributed by atoms with Gasteiger partial charge in [0.2, 0.25) is 11.5 Å². The van der Waals surface area contributed by atoms with E-state index in [1.54, 1.807) is 36.4 Å². The molecule has 3 aromatic carbocycles. The summed E-state index contributed by atoms with van der Waals surface area (Å²) in [7, 11) is 4.38. The summed E-state index contributed by atoms with van der Waals surface area (Å²) in [4.78, 5) is 26.3. The van der Waals surface area contributed by atoms with Gasteiger partial charge in [-0.2, -0.15) is 0 Å². The Morgan fingerprint density at radius 3 is 2.18 bits per heavy atom. The zero-order valence-corrected chi connectivity index (χ0v) is 21.8. The van der Waals surface area contributed by atoms with Gasteiger partial charge in [-0.05, 0) is 50.3 Å². The molecule has 0 spiro atoms. The van der Waals surface area contributed by atoms with Crippen LogP contribution < -0.4 is 33.2 Å². The number of methoxy groups -OCH3 is 3. The lowest BCUT2D eigenvalue weighted by molar-refractivity contribution is 0.0727. The molecule has 9 heteroatoms. The monoisotopic (exact) mass is 520 g/mol. The predicted molar refractivity (Wildman–Crippen MR) is 139 cm³/mol. The molecule has 198 valence electrons. The third-order valence-corrected chi connectivity index (χ3v) is 5.64. The van der Waals surface area contributed by atoms with Gasteiger partial charge >= 0.3 is 5.97 Å². The number of allylic oxidation sites excluding steroid dienone is 1. The van der Waals surface area contributed by atoms with E-state index in [0.29, 0.717) is 58.8 Å². The topological polar surface area (TPSA) is 98.8 Å². The third kappa shape index (κ3) is 5.22. The molecule has 0 aromatic heterocycles. The molecule has 0 saturated heterocycles. The van der Waals surface area contributed by atoms with Crippen LogP contribution in [0.15, 0.2) is 54.3 Å². The van der Waals surface area contributed by atoms with Crippen LogP contribution in [0.3, 0.4) is 0 Å². The number of esters is 1. The second-order valence-corrected chi connectivity index (χ2v) is 7.94. The zero-order chi connectivity index (χ0) is 27.2. The van der Waals surface area contributed by atoms with E-state index in [9.17, 15) is 9.59 Å². The zero-order valence-electron chi connectivity index (χ0n) is 21.8. The van der Waals surface area contributed by atoms with Gasteiger partial charge < -0.3 is 33.2 Å². The second kappa shape index (κ2) is 11.6. The number of fused-ring (bicyclic) bond motifs is 1. The number of carbonyl (C=O) groups is 2. The fourth-order valence-electron chi connectivity index (χ4n) is 3.94. The number of carbonyl (C=O) groups excluding carboxylic acids is 2. The van der Waals surface area contributed by atoms with Crippen LogP contribution in [-0.2, 0) is 0 Å². The van der Waals surface area contributed by atoms with Crippen LogP contribution in [0.2, 0.25) is 0 Å². The number of benzene rings is 3. The summed E-state index contributed by atoms with van der Waals surface area (Å²) in [5, 5.41) is 0. The number of rotatable bonds is 10. The molecule has 1 aliphatic heterocycles. The van der Waals surface area contributed by atoms with Crippen molar-refractivity contribution in [2.24, 2.45) is 0 Å². The minimum atomic E-state index is -0.695. The van der Waals surface area contributed by atoms with Gasteiger partial charge in [-0.3, -0.25) is 4.79 Å². The minimum absolute atomic E-state index is 0.0763. The fraction of sp³-hybridized carbons (Fsp3) is 0.241. The van der Waals surface area contributed by atoms with Crippen LogP contribution in [0, 0.1) is 0 Å². The number of para-hydroxylation sites is 1.